The number of fused-ring (bicyclic) bond motifs is 3. The van der Waals surface area contributed by atoms with Crippen molar-refractivity contribution in [2.24, 2.45) is 0 Å². The molecule has 0 aromatic heterocycles. The van der Waals surface area contributed by atoms with Crippen LogP contribution in [0.2, 0.25) is 0 Å². The minimum Gasteiger partial charge on any atom is -0.358 e. The predicted molar refractivity (Wildman–Crippen MR) is 129 cm³/mol. The van der Waals surface area contributed by atoms with Crippen molar-refractivity contribution < 1.29 is 18.8 Å². The minimum atomic E-state index is -0.388. The molecule has 3 aliphatic rings. The zero-order chi connectivity index (χ0) is 23.7. The van der Waals surface area contributed by atoms with Gasteiger partial charge in [-0.3, -0.25) is 19.3 Å². The standard InChI is InChI=1S/C26H29FN4O3/c27-19-8-10-20(11-9-19)28-24(32)17-31-23-16-18(25(33)29-13-3-1-4-14-29)7-12-21(23)30-15-5-2-6-22(30)26(31)34/h7-12,16,22H,1-6,13-15,17H2,(H,28,32)/t22-/m0/s1. The number of benzene rings is 2. The van der Waals surface area contributed by atoms with Crippen LogP contribution >= 0.6 is 0 Å². The second kappa shape index (κ2) is 9.44. The molecule has 0 saturated carbocycles. The van der Waals surface area contributed by atoms with Gasteiger partial charge < -0.3 is 15.1 Å². The summed E-state index contributed by atoms with van der Waals surface area (Å²) in [5.41, 5.74) is 2.48. The first-order valence-corrected chi connectivity index (χ1v) is 12.1. The Bertz CT molecular complexity index is 1100. The summed E-state index contributed by atoms with van der Waals surface area (Å²) in [5.74, 6) is -0.917. The normalized spacial score (nSPS) is 20.0. The molecule has 0 unspecified atom stereocenters. The summed E-state index contributed by atoms with van der Waals surface area (Å²) in [6.45, 7) is 2.09. The maximum absolute atomic E-state index is 13.5. The smallest absolute Gasteiger partial charge is 0.253 e. The zero-order valence-electron chi connectivity index (χ0n) is 19.1. The van der Waals surface area contributed by atoms with Gasteiger partial charge in [-0.2, -0.15) is 0 Å². The summed E-state index contributed by atoms with van der Waals surface area (Å²) >= 11 is 0. The summed E-state index contributed by atoms with van der Waals surface area (Å²) in [7, 11) is 0. The number of hydrogen-bond donors (Lipinski definition) is 1. The van der Waals surface area contributed by atoms with Gasteiger partial charge in [0.25, 0.3) is 5.91 Å². The summed E-state index contributed by atoms with van der Waals surface area (Å²) in [4.78, 5) is 45.0. The van der Waals surface area contributed by atoms with Crippen molar-refractivity contribution in [2.75, 3.05) is 41.3 Å². The maximum Gasteiger partial charge on any atom is 0.253 e. The highest BCUT2D eigenvalue weighted by molar-refractivity contribution is 6.11. The molecule has 178 valence electrons. The number of amides is 3. The van der Waals surface area contributed by atoms with Gasteiger partial charge in [0.2, 0.25) is 11.8 Å². The van der Waals surface area contributed by atoms with Gasteiger partial charge in [0.05, 0.1) is 11.4 Å². The molecule has 2 fully saturated rings. The van der Waals surface area contributed by atoms with E-state index in [1.165, 1.54) is 29.2 Å². The molecule has 0 aliphatic carbocycles. The molecular formula is C26H29FN4O3. The molecular weight excluding hydrogens is 435 g/mol. The van der Waals surface area contributed by atoms with Crippen LogP contribution in [0.3, 0.4) is 0 Å². The summed E-state index contributed by atoms with van der Waals surface area (Å²) < 4.78 is 13.2. The lowest BCUT2D eigenvalue weighted by Gasteiger charge is -2.45. The molecule has 3 aliphatic heterocycles. The zero-order valence-corrected chi connectivity index (χ0v) is 19.1. The number of carbonyl (C=O) groups is 3. The molecule has 2 aromatic rings. The van der Waals surface area contributed by atoms with Crippen molar-refractivity contribution in [3.63, 3.8) is 0 Å². The number of hydrogen-bond acceptors (Lipinski definition) is 4. The second-order valence-electron chi connectivity index (χ2n) is 9.24. The Hall–Kier alpha value is -3.42. The Labute approximate surface area is 198 Å². The van der Waals surface area contributed by atoms with Crippen LogP contribution in [-0.4, -0.2) is 54.8 Å². The summed E-state index contributed by atoms with van der Waals surface area (Å²) in [6.07, 6.45) is 5.84. The number of halogens is 1. The lowest BCUT2D eigenvalue weighted by atomic mass is 9.95. The van der Waals surface area contributed by atoms with E-state index >= 15 is 0 Å². The fraction of sp³-hybridized carbons (Fsp3) is 0.423. The second-order valence-corrected chi connectivity index (χ2v) is 9.24. The van der Waals surface area contributed by atoms with Gasteiger partial charge in [0, 0.05) is 30.9 Å². The van der Waals surface area contributed by atoms with Crippen LogP contribution in [0.15, 0.2) is 42.5 Å². The van der Waals surface area contributed by atoms with Gasteiger partial charge >= 0.3 is 0 Å². The van der Waals surface area contributed by atoms with Gasteiger partial charge in [-0.25, -0.2) is 4.39 Å². The number of piperidine rings is 2. The first-order chi connectivity index (χ1) is 16.5. The van der Waals surface area contributed by atoms with Crippen molar-refractivity contribution in [3.8, 4) is 0 Å². The van der Waals surface area contributed by atoms with Crippen molar-refractivity contribution in [3.05, 3.63) is 53.8 Å². The van der Waals surface area contributed by atoms with Crippen molar-refractivity contribution in [1.29, 1.82) is 0 Å². The third kappa shape index (κ3) is 4.36. The van der Waals surface area contributed by atoms with Gasteiger partial charge in [0.15, 0.2) is 0 Å². The Morgan fingerprint density at radius 2 is 1.65 bits per heavy atom. The molecule has 0 bridgehead atoms. The SMILES string of the molecule is O=C(CN1C(=O)[C@@H]2CCCCN2c2ccc(C(=O)N3CCCCC3)cc21)Nc1ccc(F)cc1. The third-order valence-electron chi connectivity index (χ3n) is 6.95. The average molecular weight is 465 g/mol. The number of rotatable bonds is 4. The van der Waals surface area contributed by atoms with Gasteiger partial charge in [-0.05, 0) is 81.0 Å². The number of carbonyl (C=O) groups excluding carboxylic acids is 3. The van der Waals surface area contributed by atoms with E-state index in [1.54, 1.807) is 6.07 Å². The first kappa shape index (κ1) is 22.4. The number of nitrogens with one attached hydrogen (secondary N) is 1. The average Bonchev–Trinajstić information content (AvgIpc) is 2.87. The Morgan fingerprint density at radius 1 is 0.912 bits per heavy atom. The lowest BCUT2D eigenvalue weighted by Crippen LogP contribution is -2.56. The highest BCUT2D eigenvalue weighted by Crippen LogP contribution is 2.40. The van der Waals surface area contributed by atoms with Crippen LogP contribution in [0.5, 0.6) is 0 Å². The van der Waals surface area contributed by atoms with Gasteiger partial charge in [-0.15, -0.1) is 0 Å². The number of nitrogens with zero attached hydrogens (tertiary/aromatic N) is 3. The van der Waals surface area contributed by atoms with Crippen LogP contribution in [-0.2, 0) is 9.59 Å². The van der Waals surface area contributed by atoms with Crippen LogP contribution in [0.1, 0.15) is 48.9 Å². The third-order valence-corrected chi connectivity index (χ3v) is 6.95. The van der Waals surface area contributed by atoms with E-state index in [0.717, 1.165) is 63.8 Å². The molecule has 8 heteroatoms. The molecule has 1 atom stereocenters. The van der Waals surface area contributed by atoms with E-state index in [4.69, 9.17) is 0 Å². The van der Waals surface area contributed by atoms with Crippen LogP contribution in [0, 0.1) is 5.82 Å². The number of likely N-dealkylation sites (tertiary alicyclic amines) is 1. The van der Waals surface area contributed by atoms with E-state index in [1.807, 2.05) is 17.0 Å². The molecule has 3 heterocycles. The van der Waals surface area contributed by atoms with E-state index < -0.39 is 0 Å². The minimum absolute atomic E-state index is 0.0357. The topological polar surface area (TPSA) is 73.0 Å². The maximum atomic E-state index is 13.5. The highest BCUT2D eigenvalue weighted by Gasteiger charge is 2.40. The van der Waals surface area contributed by atoms with Crippen LogP contribution in [0.4, 0.5) is 21.5 Å². The summed E-state index contributed by atoms with van der Waals surface area (Å²) in [6, 6.07) is 10.7. The quantitative estimate of drug-likeness (QED) is 0.747. The molecule has 1 N–H and O–H groups in total. The molecule has 0 spiro atoms. The molecule has 5 rings (SSSR count). The van der Waals surface area contributed by atoms with Gasteiger partial charge in [0.1, 0.15) is 18.4 Å². The molecule has 34 heavy (non-hydrogen) atoms. The Kier molecular flexibility index (Phi) is 6.22. The molecule has 7 nitrogen and oxygen atoms in total. The van der Waals surface area contributed by atoms with Crippen molar-refractivity contribution in [1.82, 2.24) is 4.90 Å². The van der Waals surface area contributed by atoms with E-state index in [2.05, 4.69) is 10.2 Å². The Balaban J connectivity index is 1.44. The molecule has 2 aromatic carbocycles. The molecule has 3 amide bonds. The lowest BCUT2D eigenvalue weighted by molar-refractivity contribution is -0.123. The fourth-order valence-corrected chi connectivity index (χ4v) is 5.21. The first-order valence-electron chi connectivity index (χ1n) is 12.1. The molecule has 2 saturated heterocycles. The monoisotopic (exact) mass is 464 g/mol. The number of anilines is 3. The van der Waals surface area contributed by atoms with E-state index in [0.29, 0.717) is 16.9 Å². The van der Waals surface area contributed by atoms with Crippen molar-refractivity contribution >= 4 is 34.8 Å². The van der Waals surface area contributed by atoms with Crippen LogP contribution < -0.4 is 15.1 Å². The van der Waals surface area contributed by atoms with E-state index in [-0.39, 0.29) is 36.1 Å². The Morgan fingerprint density at radius 3 is 2.41 bits per heavy atom. The molecule has 0 radical (unpaired) electrons. The van der Waals surface area contributed by atoms with Crippen molar-refractivity contribution in [2.45, 2.75) is 44.6 Å². The van der Waals surface area contributed by atoms with Gasteiger partial charge in [-0.1, -0.05) is 0 Å². The fourth-order valence-electron chi connectivity index (χ4n) is 5.21. The largest absolute Gasteiger partial charge is 0.358 e. The highest BCUT2D eigenvalue weighted by atomic mass is 19.1. The predicted octanol–water partition coefficient (Wildman–Crippen LogP) is 3.80. The van der Waals surface area contributed by atoms with Crippen LogP contribution in [0.25, 0.3) is 0 Å². The van der Waals surface area contributed by atoms with E-state index in [9.17, 15) is 18.8 Å². The summed E-state index contributed by atoms with van der Waals surface area (Å²) in [5, 5.41) is 2.74.